The molecule has 2 rings (SSSR count). The van der Waals surface area contributed by atoms with Crippen molar-refractivity contribution >= 4 is 23.1 Å². The summed E-state index contributed by atoms with van der Waals surface area (Å²) in [5.41, 5.74) is 2.58. The third-order valence-corrected chi connectivity index (χ3v) is 2.52. The van der Waals surface area contributed by atoms with Crippen molar-refractivity contribution in [2.45, 2.75) is 6.54 Å². The lowest BCUT2D eigenvalue weighted by Gasteiger charge is -2.06. The molecular formula is C9H10FN5S. The van der Waals surface area contributed by atoms with E-state index in [1.165, 1.54) is 11.3 Å². The van der Waals surface area contributed by atoms with E-state index >= 15 is 0 Å². The Kier molecular flexibility index (Phi) is 3.25. The van der Waals surface area contributed by atoms with E-state index in [1.54, 1.807) is 12.6 Å². The fraction of sp³-hybridized carbons (Fsp3) is 0.222. The molecule has 0 saturated carbocycles. The first kappa shape index (κ1) is 10.7. The van der Waals surface area contributed by atoms with E-state index in [1.807, 2.05) is 5.38 Å². The van der Waals surface area contributed by atoms with Gasteiger partial charge in [0.15, 0.2) is 11.6 Å². The molecule has 0 aliphatic carbocycles. The van der Waals surface area contributed by atoms with Gasteiger partial charge in [-0.3, -0.25) is 0 Å². The van der Waals surface area contributed by atoms with Crippen molar-refractivity contribution < 1.29 is 4.39 Å². The molecule has 0 aliphatic heterocycles. The van der Waals surface area contributed by atoms with Gasteiger partial charge < -0.3 is 10.6 Å². The van der Waals surface area contributed by atoms with Gasteiger partial charge in [-0.05, 0) is 0 Å². The summed E-state index contributed by atoms with van der Waals surface area (Å²) in [6.07, 6.45) is 1.13. The minimum Gasteiger partial charge on any atom is -0.362 e. The second kappa shape index (κ2) is 4.84. The summed E-state index contributed by atoms with van der Waals surface area (Å²) < 4.78 is 13.3. The molecule has 2 heterocycles. The Bertz CT molecular complexity index is 459. The highest BCUT2D eigenvalue weighted by Crippen LogP contribution is 2.12. The lowest BCUT2D eigenvalue weighted by atomic mass is 10.4. The van der Waals surface area contributed by atoms with E-state index in [4.69, 9.17) is 0 Å². The average Bonchev–Trinajstić information content (AvgIpc) is 2.81. The molecule has 84 valence electrons. The molecule has 2 aromatic rings. The molecule has 0 saturated heterocycles. The first-order valence-electron chi connectivity index (χ1n) is 4.61. The Hall–Kier alpha value is -1.76. The number of hydrogen-bond donors (Lipinski definition) is 2. The lowest BCUT2D eigenvalue weighted by molar-refractivity contribution is 0.617. The third kappa shape index (κ3) is 2.43. The molecule has 0 aromatic carbocycles. The molecule has 0 unspecified atom stereocenters. The summed E-state index contributed by atoms with van der Waals surface area (Å²) in [6, 6.07) is 0. The molecule has 2 aromatic heterocycles. The molecule has 5 nitrogen and oxygen atoms in total. The van der Waals surface area contributed by atoms with Crippen LogP contribution in [-0.2, 0) is 6.54 Å². The molecule has 2 N–H and O–H groups in total. The van der Waals surface area contributed by atoms with Crippen LogP contribution in [-0.4, -0.2) is 22.0 Å². The molecule has 0 atom stereocenters. The first-order valence-corrected chi connectivity index (χ1v) is 5.55. The van der Waals surface area contributed by atoms with E-state index in [0.717, 1.165) is 11.9 Å². The SMILES string of the molecule is CNc1ncc(F)c(NCc2cscn2)n1. The van der Waals surface area contributed by atoms with Gasteiger partial charge in [0.25, 0.3) is 0 Å². The van der Waals surface area contributed by atoms with Crippen LogP contribution in [0.3, 0.4) is 0 Å². The van der Waals surface area contributed by atoms with E-state index in [0.29, 0.717) is 12.5 Å². The zero-order chi connectivity index (χ0) is 11.4. The van der Waals surface area contributed by atoms with E-state index in [9.17, 15) is 4.39 Å². The molecular weight excluding hydrogens is 229 g/mol. The number of aromatic nitrogens is 3. The van der Waals surface area contributed by atoms with E-state index in [-0.39, 0.29) is 5.82 Å². The Labute approximate surface area is 95.8 Å². The van der Waals surface area contributed by atoms with Gasteiger partial charge in [-0.15, -0.1) is 11.3 Å². The molecule has 0 radical (unpaired) electrons. The normalized spacial score (nSPS) is 10.1. The second-order valence-electron chi connectivity index (χ2n) is 2.97. The Balaban J connectivity index is 2.08. The van der Waals surface area contributed by atoms with Crippen molar-refractivity contribution in [1.82, 2.24) is 15.0 Å². The van der Waals surface area contributed by atoms with Gasteiger partial charge in [0.2, 0.25) is 5.95 Å². The summed E-state index contributed by atoms with van der Waals surface area (Å²) in [7, 11) is 1.68. The van der Waals surface area contributed by atoms with Crippen LogP contribution in [0.2, 0.25) is 0 Å². The minimum absolute atomic E-state index is 0.173. The molecule has 0 spiro atoms. The maximum Gasteiger partial charge on any atom is 0.224 e. The van der Waals surface area contributed by atoms with Gasteiger partial charge >= 0.3 is 0 Å². The maximum atomic E-state index is 13.3. The zero-order valence-corrected chi connectivity index (χ0v) is 9.38. The quantitative estimate of drug-likeness (QED) is 0.850. The van der Waals surface area contributed by atoms with Gasteiger partial charge in [0.1, 0.15) is 0 Å². The first-order chi connectivity index (χ1) is 7.79. The summed E-state index contributed by atoms with van der Waals surface area (Å²) in [5, 5.41) is 7.51. The number of anilines is 2. The van der Waals surface area contributed by atoms with Gasteiger partial charge in [-0.25, -0.2) is 14.4 Å². The van der Waals surface area contributed by atoms with Gasteiger partial charge in [0.05, 0.1) is 23.9 Å². The van der Waals surface area contributed by atoms with E-state index < -0.39 is 5.82 Å². The summed E-state index contributed by atoms with van der Waals surface area (Å²) in [4.78, 5) is 11.8. The lowest BCUT2D eigenvalue weighted by Crippen LogP contribution is -2.06. The van der Waals surface area contributed by atoms with Crippen LogP contribution in [0, 0.1) is 5.82 Å². The predicted molar refractivity (Wildman–Crippen MR) is 61.0 cm³/mol. The highest BCUT2D eigenvalue weighted by atomic mass is 32.1. The monoisotopic (exact) mass is 239 g/mol. The highest BCUT2D eigenvalue weighted by molar-refractivity contribution is 7.07. The van der Waals surface area contributed by atoms with Crippen molar-refractivity contribution in [2.24, 2.45) is 0 Å². The van der Waals surface area contributed by atoms with Crippen LogP contribution >= 0.6 is 11.3 Å². The number of hydrogen-bond acceptors (Lipinski definition) is 6. The zero-order valence-electron chi connectivity index (χ0n) is 8.57. The number of rotatable bonds is 4. The Morgan fingerprint density at radius 2 is 2.31 bits per heavy atom. The van der Waals surface area contributed by atoms with Crippen molar-refractivity contribution in [3.8, 4) is 0 Å². The second-order valence-corrected chi connectivity index (χ2v) is 3.69. The molecule has 0 fully saturated rings. The predicted octanol–water partition coefficient (Wildman–Crippen LogP) is 1.73. The van der Waals surface area contributed by atoms with Gasteiger partial charge in [-0.1, -0.05) is 0 Å². The van der Waals surface area contributed by atoms with Crippen molar-refractivity contribution in [3.63, 3.8) is 0 Å². The van der Waals surface area contributed by atoms with Crippen LogP contribution in [0.5, 0.6) is 0 Å². The fourth-order valence-corrected chi connectivity index (χ4v) is 1.67. The van der Waals surface area contributed by atoms with Gasteiger partial charge in [0, 0.05) is 12.4 Å². The molecule has 16 heavy (non-hydrogen) atoms. The minimum atomic E-state index is -0.478. The van der Waals surface area contributed by atoms with E-state index in [2.05, 4.69) is 25.6 Å². The Morgan fingerprint density at radius 3 is 3.00 bits per heavy atom. The molecule has 0 bridgehead atoms. The molecule has 0 aliphatic rings. The van der Waals surface area contributed by atoms with Gasteiger partial charge in [-0.2, -0.15) is 4.98 Å². The Morgan fingerprint density at radius 1 is 1.44 bits per heavy atom. The fourth-order valence-electron chi connectivity index (χ4n) is 1.11. The van der Waals surface area contributed by atoms with Crippen LogP contribution in [0.15, 0.2) is 17.1 Å². The maximum absolute atomic E-state index is 13.3. The summed E-state index contributed by atoms with van der Waals surface area (Å²) in [6.45, 7) is 0.445. The average molecular weight is 239 g/mol. The standard InChI is InChI=1S/C9H10FN5S/c1-11-9-13-3-7(10)8(15-9)12-2-6-4-16-5-14-6/h3-5H,2H2,1H3,(H2,11,12,13,15). The van der Waals surface area contributed by atoms with Crippen molar-refractivity contribution in [1.29, 1.82) is 0 Å². The van der Waals surface area contributed by atoms with Crippen molar-refractivity contribution in [2.75, 3.05) is 17.7 Å². The summed E-state index contributed by atoms with van der Waals surface area (Å²) >= 11 is 1.50. The van der Waals surface area contributed by atoms with Crippen LogP contribution in [0.1, 0.15) is 5.69 Å². The number of halogens is 1. The molecule has 7 heteroatoms. The number of thiazole rings is 1. The van der Waals surface area contributed by atoms with Crippen LogP contribution < -0.4 is 10.6 Å². The summed E-state index contributed by atoms with van der Waals surface area (Å²) in [5.74, 6) is 0.0729. The van der Waals surface area contributed by atoms with Crippen molar-refractivity contribution in [3.05, 3.63) is 28.6 Å². The number of nitrogens with zero attached hydrogens (tertiary/aromatic N) is 3. The topological polar surface area (TPSA) is 62.7 Å². The number of nitrogens with one attached hydrogen (secondary N) is 2. The molecule has 0 amide bonds. The largest absolute Gasteiger partial charge is 0.362 e. The third-order valence-electron chi connectivity index (χ3n) is 1.89. The highest BCUT2D eigenvalue weighted by Gasteiger charge is 2.06. The smallest absolute Gasteiger partial charge is 0.224 e. The van der Waals surface area contributed by atoms with Crippen LogP contribution in [0.4, 0.5) is 16.2 Å². The van der Waals surface area contributed by atoms with Crippen LogP contribution in [0.25, 0.3) is 0 Å².